The van der Waals surface area contributed by atoms with Gasteiger partial charge in [0.1, 0.15) is 17.3 Å². The molecule has 0 aliphatic heterocycles. The quantitative estimate of drug-likeness (QED) is 0.277. The predicted octanol–water partition coefficient (Wildman–Crippen LogP) is 3.33. The first-order chi connectivity index (χ1) is 12.5. The number of unbranched alkanes of at least 4 members (excludes halogenated alkanes) is 2. The van der Waals surface area contributed by atoms with Gasteiger partial charge in [0.2, 0.25) is 11.8 Å². The Hall–Kier alpha value is -3.09. The summed E-state index contributed by atoms with van der Waals surface area (Å²) in [5.74, 6) is 1.07. The Kier molecular flexibility index (Phi) is 7.42. The number of carbonyl (C=O) groups excluding carboxylic acids is 2. The molecule has 0 saturated heterocycles. The van der Waals surface area contributed by atoms with E-state index >= 15 is 0 Å². The Balaban J connectivity index is 1.55. The fourth-order valence-corrected chi connectivity index (χ4v) is 2.29. The number of hydrogen-bond donors (Lipinski definition) is 3. The van der Waals surface area contributed by atoms with Crippen LogP contribution in [0.5, 0.6) is 5.75 Å². The fourth-order valence-electron chi connectivity index (χ4n) is 2.29. The van der Waals surface area contributed by atoms with Gasteiger partial charge >= 0.3 is 0 Å². The highest BCUT2D eigenvalue weighted by atomic mass is 16.3. The molecule has 26 heavy (non-hydrogen) atoms. The van der Waals surface area contributed by atoms with E-state index in [1.807, 2.05) is 13.0 Å². The van der Waals surface area contributed by atoms with Crippen LogP contribution in [0.4, 0.5) is 5.69 Å². The van der Waals surface area contributed by atoms with Crippen molar-refractivity contribution in [3.8, 4) is 5.75 Å². The molecule has 0 radical (unpaired) electrons. The third-order valence-electron chi connectivity index (χ3n) is 3.63. The summed E-state index contributed by atoms with van der Waals surface area (Å²) in [6.45, 7) is 1.83. The third kappa shape index (κ3) is 6.80. The number of phenolic OH excluding ortho intramolecular Hbond substituents is 1. The molecule has 2 rings (SSSR count). The number of rotatable bonds is 9. The second-order valence-corrected chi connectivity index (χ2v) is 5.87. The van der Waals surface area contributed by atoms with Gasteiger partial charge in [0.05, 0.1) is 11.9 Å². The lowest BCUT2D eigenvalue weighted by atomic mass is 10.1. The minimum Gasteiger partial charge on any atom is -0.506 e. The number of hydrazone groups is 1. The van der Waals surface area contributed by atoms with Crippen LogP contribution < -0.4 is 10.7 Å². The Morgan fingerprint density at radius 1 is 1.08 bits per heavy atom. The molecule has 0 bridgehead atoms. The first-order valence-corrected chi connectivity index (χ1v) is 8.51. The van der Waals surface area contributed by atoms with Crippen molar-refractivity contribution < 1.29 is 19.1 Å². The Morgan fingerprint density at radius 2 is 1.81 bits per heavy atom. The van der Waals surface area contributed by atoms with E-state index in [0.29, 0.717) is 37.1 Å². The van der Waals surface area contributed by atoms with Crippen molar-refractivity contribution in [2.24, 2.45) is 5.10 Å². The highest BCUT2D eigenvalue weighted by Gasteiger charge is 2.06. The number of aromatic hydroxyl groups is 1. The monoisotopic (exact) mass is 357 g/mol. The maximum absolute atomic E-state index is 11.8. The normalized spacial score (nSPS) is 10.8. The summed E-state index contributed by atoms with van der Waals surface area (Å²) in [5.41, 5.74) is 2.85. The molecule has 138 valence electrons. The van der Waals surface area contributed by atoms with E-state index in [9.17, 15) is 14.7 Å². The van der Waals surface area contributed by atoms with Crippen LogP contribution in [0.25, 0.3) is 0 Å². The summed E-state index contributed by atoms with van der Waals surface area (Å²) in [4.78, 5) is 23.5. The molecule has 7 nitrogen and oxygen atoms in total. The molecule has 0 atom stereocenters. The molecule has 0 aliphatic rings. The van der Waals surface area contributed by atoms with E-state index in [0.717, 1.165) is 12.2 Å². The van der Waals surface area contributed by atoms with Crippen molar-refractivity contribution >= 4 is 23.7 Å². The van der Waals surface area contributed by atoms with Crippen molar-refractivity contribution in [1.82, 2.24) is 5.43 Å². The largest absolute Gasteiger partial charge is 0.506 e. The van der Waals surface area contributed by atoms with E-state index < -0.39 is 0 Å². The standard InChI is InChI=1S/C19H23N3O4/c1-14-11-12-15(26-14)13-20-22-19(25)10-4-2-3-9-18(24)21-16-7-5-6-8-17(16)23/h5-8,11-13,23H,2-4,9-10H2,1H3,(H,21,24)(H,22,25)/b20-13+. The number of amides is 2. The minimum absolute atomic E-state index is 0.0442. The fraction of sp³-hybridized carbons (Fsp3) is 0.316. The predicted molar refractivity (Wildman–Crippen MR) is 99.0 cm³/mol. The Bertz CT molecular complexity index is 768. The number of aryl methyl sites for hydroxylation is 1. The van der Waals surface area contributed by atoms with E-state index in [-0.39, 0.29) is 17.6 Å². The minimum atomic E-state index is -0.178. The molecule has 2 amide bonds. The van der Waals surface area contributed by atoms with Gasteiger partial charge in [-0.3, -0.25) is 9.59 Å². The molecule has 7 heteroatoms. The average Bonchev–Trinajstić information content (AvgIpc) is 3.02. The van der Waals surface area contributed by atoms with Gasteiger partial charge < -0.3 is 14.8 Å². The van der Waals surface area contributed by atoms with Gasteiger partial charge in [0.25, 0.3) is 0 Å². The summed E-state index contributed by atoms with van der Waals surface area (Å²) in [6.07, 6.45) is 4.23. The summed E-state index contributed by atoms with van der Waals surface area (Å²) < 4.78 is 5.30. The van der Waals surface area contributed by atoms with Crippen molar-refractivity contribution in [3.63, 3.8) is 0 Å². The molecule has 0 unspecified atom stereocenters. The number of nitrogens with one attached hydrogen (secondary N) is 2. The lowest BCUT2D eigenvalue weighted by Crippen LogP contribution is -2.17. The number of anilines is 1. The molecule has 0 saturated carbocycles. The highest BCUT2D eigenvalue weighted by Crippen LogP contribution is 2.21. The number of nitrogens with zero attached hydrogens (tertiary/aromatic N) is 1. The third-order valence-corrected chi connectivity index (χ3v) is 3.63. The molecule has 1 heterocycles. The first-order valence-electron chi connectivity index (χ1n) is 8.51. The van der Waals surface area contributed by atoms with Gasteiger partial charge in [-0.2, -0.15) is 5.10 Å². The number of para-hydroxylation sites is 2. The van der Waals surface area contributed by atoms with Crippen LogP contribution in [0.15, 0.2) is 45.9 Å². The van der Waals surface area contributed by atoms with Gasteiger partial charge in [-0.1, -0.05) is 18.6 Å². The number of benzene rings is 1. The number of phenols is 1. The van der Waals surface area contributed by atoms with Gasteiger partial charge in [-0.05, 0) is 44.0 Å². The van der Waals surface area contributed by atoms with Gasteiger partial charge in [0.15, 0.2) is 0 Å². The molecular weight excluding hydrogens is 334 g/mol. The Morgan fingerprint density at radius 3 is 2.50 bits per heavy atom. The lowest BCUT2D eigenvalue weighted by Gasteiger charge is -2.06. The van der Waals surface area contributed by atoms with Crippen LogP contribution in [0.3, 0.4) is 0 Å². The number of carbonyl (C=O) groups is 2. The van der Waals surface area contributed by atoms with Crippen LogP contribution in [-0.4, -0.2) is 23.1 Å². The maximum atomic E-state index is 11.8. The van der Waals surface area contributed by atoms with Crippen molar-refractivity contribution in [2.45, 2.75) is 39.0 Å². The number of furan rings is 1. The maximum Gasteiger partial charge on any atom is 0.240 e. The van der Waals surface area contributed by atoms with Crippen LogP contribution >= 0.6 is 0 Å². The first kappa shape index (κ1) is 19.2. The molecular formula is C19H23N3O4. The zero-order chi connectivity index (χ0) is 18.8. The van der Waals surface area contributed by atoms with Gasteiger partial charge in [-0.15, -0.1) is 0 Å². The highest BCUT2D eigenvalue weighted by molar-refractivity contribution is 5.92. The van der Waals surface area contributed by atoms with Crippen molar-refractivity contribution in [1.29, 1.82) is 0 Å². The van der Waals surface area contributed by atoms with E-state index in [1.54, 1.807) is 24.3 Å². The second-order valence-electron chi connectivity index (χ2n) is 5.87. The zero-order valence-electron chi connectivity index (χ0n) is 14.7. The molecule has 0 spiro atoms. The second kappa shape index (κ2) is 10.0. The molecule has 0 fully saturated rings. The smallest absolute Gasteiger partial charge is 0.240 e. The van der Waals surface area contributed by atoms with E-state index in [1.165, 1.54) is 12.3 Å². The lowest BCUT2D eigenvalue weighted by molar-refractivity contribution is -0.121. The topological polar surface area (TPSA) is 104 Å². The van der Waals surface area contributed by atoms with Crippen LogP contribution in [0.1, 0.15) is 43.6 Å². The van der Waals surface area contributed by atoms with Crippen molar-refractivity contribution in [3.05, 3.63) is 47.9 Å². The van der Waals surface area contributed by atoms with Gasteiger partial charge in [-0.25, -0.2) is 5.43 Å². The van der Waals surface area contributed by atoms with E-state index in [2.05, 4.69) is 15.8 Å². The zero-order valence-corrected chi connectivity index (χ0v) is 14.7. The average molecular weight is 357 g/mol. The summed E-state index contributed by atoms with van der Waals surface area (Å²) >= 11 is 0. The van der Waals surface area contributed by atoms with Crippen LogP contribution in [0, 0.1) is 6.92 Å². The summed E-state index contributed by atoms with van der Waals surface area (Å²) in [6, 6.07) is 10.2. The molecule has 1 aromatic carbocycles. The van der Waals surface area contributed by atoms with Crippen LogP contribution in [-0.2, 0) is 9.59 Å². The van der Waals surface area contributed by atoms with E-state index in [4.69, 9.17) is 4.42 Å². The van der Waals surface area contributed by atoms with Gasteiger partial charge in [0, 0.05) is 12.8 Å². The molecule has 2 aromatic rings. The molecule has 1 aromatic heterocycles. The molecule has 3 N–H and O–H groups in total. The number of hydrogen-bond acceptors (Lipinski definition) is 5. The van der Waals surface area contributed by atoms with Crippen LogP contribution in [0.2, 0.25) is 0 Å². The summed E-state index contributed by atoms with van der Waals surface area (Å²) in [5, 5.41) is 16.1. The Labute approximate surface area is 152 Å². The van der Waals surface area contributed by atoms with Crippen molar-refractivity contribution in [2.75, 3.05) is 5.32 Å². The molecule has 0 aliphatic carbocycles. The summed E-state index contributed by atoms with van der Waals surface area (Å²) in [7, 11) is 0. The SMILES string of the molecule is Cc1ccc(/C=N/NC(=O)CCCCCC(=O)Nc2ccccc2O)o1.